The Labute approximate surface area is 136 Å². The van der Waals surface area contributed by atoms with Gasteiger partial charge in [0.25, 0.3) is 5.91 Å². The van der Waals surface area contributed by atoms with Gasteiger partial charge in [0.1, 0.15) is 16.4 Å². The lowest BCUT2D eigenvalue weighted by molar-refractivity contribution is -0.122. The van der Waals surface area contributed by atoms with Crippen molar-refractivity contribution in [2.45, 2.75) is 6.54 Å². The van der Waals surface area contributed by atoms with E-state index < -0.39 is 0 Å². The predicted octanol–water partition coefficient (Wildman–Crippen LogP) is 3.49. The summed E-state index contributed by atoms with van der Waals surface area (Å²) >= 11 is 6.53. The number of carbonyl (C=O) groups is 2. The summed E-state index contributed by atoms with van der Waals surface area (Å²) in [5, 5.41) is 0. The van der Waals surface area contributed by atoms with Gasteiger partial charge in [-0.05, 0) is 23.8 Å². The second-order valence-corrected chi connectivity index (χ2v) is 6.31. The number of carbonyl (C=O) groups excluding carboxylic acids is 2. The van der Waals surface area contributed by atoms with Crippen LogP contribution >= 0.6 is 24.0 Å². The van der Waals surface area contributed by atoms with Crippen molar-refractivity contribution in [1.82, 2.24) is 4.90 Å². The number of nitrogens with zero attached hydrogens (tertiary/aromatic N) is 1. The Balaban J connectivity index is 1.80. The normalized spacial score (nSPS) is 16.5. The summed E-state index contributed by atoms with van der Waals surface area (Å²) in [6.07, 6.45) is 4.13. The van der Waals surface area contributed by atoms with E-state index in [0.29, 0.717) is 27.1 Å². The van der Waals surface area contributed by atoms with Crippen molar-refractivity contribution in [1.29, 1.82) is 0 Å². The molecule has 1 fully saturated rings. The third-order valence-electron chi connectivity index (χ3n) is 3.14. The molecular formula is C16H11NO3S2. The van der Waals surface area contributed by atoms with Gasteiger partial charge in [-0.1, -0.05) is 48.2 Å². The Morgan fingerprint density at radius 3 is 2.55 bits per heavy atom. The first kappa shape index (κ1) is 14.7. The number of hydrogen-bond donors (Lipinski definition) is 0. The van der Waals surface area contributed by atoms with Gasteiger partial charge in [0.15, 0.2) is 0 Å². The third-order valence-corrected chi connectivity index (χ3v) is 4.52. The van der Waals surface area contributed by atoms with Gasteiger partial charge >= 0.3 is 0 Å². The molecule has 1 amide bonds. The largest absolute Gasteiger partial charge is 0.467 e. The fraction of sp³-hybridized carbons (Fsp3) is 0.0625. The van der Waals surface area contributed by atoms with E-state index in [1.807, 2.05) is 0 Å². The van der Waals surface area contributed by atoms with E-state index in [2.05, 4.69) is 0 Å². The van der Waals surface area contributed by atoms with Gasteiger partial charge in [0, 0.05) is 5.56 Å². The van der Waals surface area contributed by atoms with Crippen molar-refractivity contribution in [2.75, 3.05) is 0 Å². The summed E-state index contributed by atoms with van der Waals surface area (Å²) in [6, 6.07) is 10.6. The fourth-order valence-corrected chi connectivity index (χ4v) is 3.27. The van der Waals surface area contributed by atoms with Crippen molar-refractivity contribution < 1.29 is 14.0 Å². The average molecular weight is 329 g/mol. The molecule has 0 N–H and O–H groups in total. The molecular weight excluding hydrogens is 318 g/mol. The van der Waals surface area contributed by atoms with Crippen LogP contribution in [0.5, 0.6) is 0 Å². The maximum absolute atomic E-state index is 12.4. The standard InChI is InChI=1S/C16H11NO3S2/c18-10-12-5-3-11(4-6-12)8-14-15(19)17(16(21)22-14)9-13-2-1-7-20-13/h1-8,10H,9H2. The lowest BCUT2D eigenvalue weighted by Crippen LogP contribution is -2.27. The minimum atomic E-state index is -0.133. The zero-order valence-corrected chi connectivity index (χ0v) is 13.0. The lowest BCUT2D eigenvalue weighted by atomic mass is 10.1. The zero-order chi connectivity index (χ0) is 15.5. The van der Waals surface area contributed by atoms with Crippen molar-refractivity contribution in [3.63, 3.8) is 0 Å². The molecule has 6 heteroatoms. The second-order valence-electron chi connectivity index (χ2n) is 4.63. The highest BCUT2D eigenvalue weighted by Gasteiger charge is 2.32. The maximum atomic E-state index is 12.4. The first-order valence-electron chi connectivity index (χ1n) is 6.50. The summed E-state index contributed by atoms with van der Waals surface area (Å²) in [4.78, 5) is 25.2. The molecule has 1 saturated heterocycles. The molecule has 0 atom stereocenters. The summed E-state index contributed by atoms with van der Waals surface area (Å²) in [6.45, 7) is 0.332. The number of benzene rings is 1. The van der Waals surface area contributed by atoms with Gasteiger partial charge in [-0.3, -0.25) is 14.5 Å². The van der Waals surface area contributed by atoms with Gasteiger partial charge in [0.05, 0.1) is 17.7 Å². The third kappa shape index (κ3) is 3.03. The van der Waals surface area contributed by atoms with E-state index in [1.165, 1.54) is 16.7 Å². The molecule has 0 unspecified atom stereocenters. The second kappa shape index (κ2) is 6.29. The number of furan rings is 1. The molecule has 0 aliphatic carbocycles. The lowest BCUT2D eigenvalue weighted by Gasteiger charge is -2.11. The molecule has 110 valence electrons. The topological polar surface area (TPSA) is 50.5 Å². The summed E-state index contributed by atoms with van der Waals surface area (Å²) in [5.41, 5.74) is 1.45. The molecule has 1 aromatic heterocycles. The Morgan fingerprint density at radius 1 is 1.18 bits per heavy atom. The van der Waals surface area contributed by atoms with Crippen LogP contribution < -0.4 is 0 Å². The maximum Gasteiger partial charge on any atom is 0.266 e. The SMILES string of the molecule is O=Cc1ccc(C=C2SC(=S)N(Cc3ccco3)C2=O)cc1. The van der Waals surface area contributed by atoms with E-state index in [1.54, 1.807) is 48.7 Å². The number of aldehydes is 1. The molecule has 1 aliphatic rings. The highest BCUT2D eigenvalue weighted by Crippen LogP contribution is 2.33. The highest BCUT2D eigenvalue weighted by molar-refractivity contribution is 8.26. The van der Waals surface area contributed by atoms with Crippen LogP contribution in [0.4, 0.5) is 0 Å². The zero-order valence-electron chi connectivity index (χ0n) is 11.4. The highest BCUT2D eigenvalue weighted by atomic mass is 32.2. The smallest absolute Gasteiger partial charge is 0.266 e. The van der Waals surface area contributed by atoms with E-state index in [0.717, 1.165) is 11.8 Å². The fourth-order valence-electron chi connectivity index (χ4n) is 2.02. The van der Waals surface area contributed by atoms with E-state index in [-0.39, 0.29) is 5.91 Å². The summed E-state index contributed by atoms with van der Waals surface area (Å²) < 4.78 is 5.77. The molecule has 4 nitrogen and oxygen atoms in total. The Hall–Kier alpha value is -2.18. The van der Waals surface area contributed by atoms with Gasteiger partial charge < -0.3 is 4.42 Å². The Morgan fingerprint density at radius 2 is 1.91 bits per heavy atom. The van der Waals surface area contributed by atoms with Gasteiger partial charge in [0.2, 0.25) is 0 Å². The van der Waals surface area contributed by atoms with E-state index in [4.69, 9.17) is 16.6 Å². The van der Waals surface area contributed by atoms with Crippen LogP contribution in [0.3, 0.4) is 0 Å². The molecule has 2 aromatic rings. The van der Waals surface area contributed by atoms with Crippen molar-refractivity contribution in [3.8, 4) is 0 Å². The molecule has 0 spiro atoms. The van der Waals surface area contributed by atoms with Crippen LogP contribution in [-0.2, 0) is 11.3 Å². The molecule has 3 rings (SSSR count). The molecule has 22 heavy (non-hydrogen) atoms. The monoisotopic (exact) mass is 329 g/mol. The number of thiocarbonyl (C=S) groups is 1. The van der Waals surface area contributed by atoms with Crippen LogP contribution in [0.2, 0.25) is 0 Å². The molecule has 1 aromatic carbocycles. The van der Waals surface area contributed by atoms with Crippen LogP contribution in [0.15, 0.2) is 52.0 Å². The first-order valence-corrected chi connectivity index (χ1v) is 7.73. The van der Waals surface area contributed by atoms with Crippen LogP contribution in [0.1, 0.15) is 21.7 Å². The first-order chi connectivity index (χ1) is 10.7. The van der Waals surface area contributed by atoms with Crippen LogP contribution in [0.25, 0.3) is 6.08 Å². The number of amides is 1. The van der Waals surface area contributed by atoms with Crippen molar-refractivity contribution in [2.24, 2.45) is 0 Å². The molecule has 0 bridgehead atoms. The molecule has 2 heterocycles. The summed E-state index contributed by atoms with van der Waals surface area (Å²) in [5.74, 6) is 0.554. The average Bonchev–Trinajstić information content (AvgIpc) is 3.13. The van der Waals surface area contributed by atoms with Crippen LogP contribution in [0, 0.1) is 0 Å². The van der Waals surface area contributed by atoms with Crippen LogP contribution in [-0.4, -0.2) is 21.4 Å². The Bertz CT molecular complexity index is 748. The van der Waals surface area contributed by atoms with Gasteiger partial charge in [-0.15, -0.1) is 0 Å². The molecule has 0 radical (unpaired) electrons. The number of rotatable bonds is 4. The van der Waals surface area contributed by atoms with Crippen molar-refractivity contribution in [3.05, 3.63) is 64.5 Å². The van der Waals surface area contributed by atoms with E-state index in [9.17, 15) is 9.59 Å². The molecule has 0 saturated carbocycles. The van der Waals surface area contributed by atoms with E-state index >= 15 is 0 Å². The molecule has 1 aliphatic heterocycles. The minimum Gasteiger partial charge on any atom is -0.467 e. The van der Waals surface area contributed by atoms with Crippen molar-refractivity contribution >= 4 is 46.6 Å². The minimum absolute atomic E-state index is 0.133. The number of thioether (sulfide) groups is 1. The number of hydrogen-bond acceptors (Lipinski definition) is 5. The predicted molar refractivity (Wildman–Crippen MR) is 89.3 cm³/mol. The van der Waals surface area contributed by atoms with Gasteiger partial charge in [-0.25, -0.2) is 0 Å². The Kier molecular flexibility index (Phi) is 4.22. The summed E-state index contributed by atoms with van der Waals surface area (Å²) in [7, 11) is 0. The van der Waals surface area contributed by atoms with Gasteiger partial charge in [-0.2, -0.15) is 0 Å². The quantitative estimate of drug-likeness (QED) is 0.488.